The molecule has 0 unspecified atom stereocenters. The minimum atomic E-state index is -0.983. The van der Waals surface area contributed by atoms with Crippen molar-refractivity contribution in [3.8, 4) is 0 Å². The quantitative estimate of drug-likeness (QED) is 0.720. The van der Waals surface area contributed by atoms with Crippen molar-refractivity contribution in [2.45, 2.75) is 6.42 Å². The Hall–Kier alpha value is -2.05. The SMILES string of the molecule is Cn1nccc1N(CCC(=O)O)C(N)=O. The van der Waals surface area contributed by atoms with E-state index in [9.17, 15) is 9.59 Å². The highest BCUT2D eigenvalue weighted by atomic mass is 16.4. The van der Waals surface area contributed by atoms with Crippen LogP contribution in [-0.2, 0) is 11.8 Å². The van der Waals surface area contributed by atoms with Crippen LogP contribution in [0.2, 0.25) is 0 Å². The standard InChI is InChI=1S/C8H12N4O3/c1-11-6(2-4-10-11)12(8(9)15)5-3-7(13)14/h2,4H,3,5H2,1H3,(H2,9,15)(H,13,14). The van der Waals surface area contributed by atoms with Gasteiger partial charge in [0.15, 0.2) is 0 Å². The molecule has 0 saturated heterocycles. The lowest BCUT2D eigenvalue weighted by atomic mass is 10.4. The Morgan fingerprint density at radius 2 is 2.33 bits per heavy atom. The van der Waals surface area contributed by atoms with Crippen molar-refractivity contribution in [1.29, 1.82) is 0 Å². The van der Waals surface area contributed by atoms with Crippen LogP contribution >= 0.6 is 0 Å². The number of hydrogen-bond donors (Lipinski definition) is 2. The lowest BCUT2D eigenvalue weighted by Gasteiger charge is -2.18. The Morgan fingerprint density at radius 3 is 2.73 bits per heavy atom. The van der Waals surface area contributed by atoms with Gasteiger partial charge in [0.25, 0.3) is 0 Å². The van der Waals surface area contributed by atoms with Crippen LogP contribution in [0.4, 0.5) is 10.6 Å². The van der Waals surface area contributed by atoms with Crippen molar-refractivity contribution in [3.05, 3.63) is 12.3 Å². The Bertz CT molecular complexity index is 374. The zero-order valence-corrected chi connectivity index (χ0v) is 8.25. The van der Waals surface area contributed by atoms with Gasteiger partial charge < -0.3 is 10.8 Å². The van der Waals surface area contributed by atoms with Crippen LogP contribution in [0, 0.1) is 0 Å². The van der Waals surface area contributed by atoms with E-state index >= 15 is 0 Å². The Morgan fingerprint density at radius 1 is 1.67 bits per heavy atom. The molecule has 2 amide bonds. The van der Waals surface area contributed by atoms with Crippen LogP contribution in [0.5, 0.6) is 0 Å². The van der Waals surface area contributed by atoms with Crippen LogP contribution in [0.25, 0.3) is 0 Å². The van der Waals surface area contributed by atoms with E-state index in [0.29, 0.717) is 5.82 Å². The van der Waals surface area contributed by atoms with E-state index in [1.165, 1.54) is 15.8 Å². The largest absolute Gasteiger partial charge is 0.481 e. The molecule has 1 aromatic rings. The van der Waals surface area contributed by atoms with Gasteiger partial charge in [0, 0.05) is 19.7 Å². The number of carboxylic acids is 1. The lowest BCUT2D eigenvalue weighted by molar-refractivity contribution is -0.136. The molecule has 0 aliphatic heterocycles. The first kappa shape index (κ1) is 11.0. The summed E-state index contributed by atoms with van der Waals surface area (Å²) in [6.07, 6.45) is 1.35. The fraction of sp³-hybridized carbons (Fsp3) is 0.375. The summed E-state index contributed by atoms with van der Waals surface area (Å²) in [6, 6.07) is 0.895. The number of hydrogen-bond acceptors (Lipinski definition) is 3. The molecule has 0 aliphatic rings. The molecular weight excluding hydrogens is 200 g/mol. The summed E-state index contributed by atoms with van der Waals surface area (Å²) in [4.78, 5) is 22.6. The summed E-state index contributed by atoms with van der Waals surface area (Å²) in [7, 11) is 1.64. The van der Waals surface area contributed by atoms with E-state index in [1.54, 1.807) is 13.1 Å². The van der Waals surface area contributed by atoms with Crippen LogP contribution in [0.15, 0.2) is 12.3 Å². The molecule has 0 aliphatic carbocycles. The van der Waals surface area contributed by atoms with Gasteiger partial charge in [-0.1, -0.05) is 0 Å². The molecule has 0 atom stereocenters. The number of carbonyl (C=O) groups is 2. The summed E-state index contributed by atoms with van der Waals surface area (Å²) in [5.74, 6) is -0.507. The number of urea groups is 1. The maximum Gasteiger partial charge on any atom is 0.320 e. The van der Waals surface area contributed by atoms with Gasteiger partial charge in [-0.2, -0.15) is 5.10 Å². The van der Waals surface area contributed by atoms with Crippen LogP contribution in [-0.4, -0.2) is 33.4 Å². The highest BCUT2D eigenvalue weighted by Crippen LogP contribution is 2.11. The number of aromatic nitrogens is 2. The summed E-state index contributed by atoms with van der Waals surface area (Å²) >= 11 is 0. The first-order chi connectivity index (χ1) is 7.02. The van der Waals surface area contributed by atoms with Crippen molar-refractivity contribution < 1.29 is 14.7 Å². The minimum Gasteiger partial charge on any atom is -0.481 e. The summed E-state index contributed by atoms with van der Waals surface area (Å²) < 4.78 is 1.45. The monoisotopic (exact) mass is 212 g/mol. The van der Waals surface area contributed by atoms with Gasteiger partial charge in [0.2, 0.25) is 0 Å². The summed E-state index contributed by atoms with van der Waals surface area (Å²) in [6.45, 7) is 0.0319. The maximum absolute atomic E-state index is 11.1. The number of rotatable bonds is 4. The number of amides is 2. The average molecular weight is 212 g/mol. The van der Waals surface area contributed by atoms with E-state index < -0.39 is 12.0 Å². The molecule has 1 aromatic heterocycles. The highest BCUT2D eigenvalue weighted by molar-refractivity contribution is 5.90. The van der Waals surface area contributed by atoms with Gasteiger partial charge >= 0.3 is 12.0 Å². The maximum atomic E-state index is 11.1. The van der Waals surface area contributed by atoms with E-state index in [-0.39, 0.29) is 13.0 Å². The number of primary amides is 1. The van der Waals surface area contributed by atoms with Crippen molar-refractivity contribution >= 4 is 17.8 Å². The minimum absolute atomic E-state index is 0.0319. The molecule has 7 heteroatoms. The average Bonchev–Trinajstić information content (AvgIpc) is 2.51. The van der Waals surface area contributed by atoms with Crippen molar-refractivity contribution in [2.75, 3.05) is 11.4 Å². The molecule has 0 fully saturated rings. The van der Waals surface area contributed by atoms with Crippen molar-refractivity contribution in [3.63, 3.8) is 0 Å². The molecule has 3 N–H and O–H groups in total. The number of nitrogens with two attached hydrogens (primary N) is 1. The van der Waals surface area contributed by atoms with Crippen molar-refractivity contribution in [2.24, 2.45) is 12.8 Å². The smallest absolute Gasteiger partial charge is 0.320 e. The predicted octanol–water partition coefficient (Wildman–Crippen LogP) is -0.220. The van der Waals surface area contributed by atoms with E-state index in [0.717, 1.165) is 0 Å². The number of nitrogens with zero attached hydrogens (tertiary/aromatic N) is 3. The molecule has 0 saturated carbocycles. The van der Waals surface area contributed by atoms with Crippen LogP contribution in [0.1, 0.15) is 6.42 Å². The van der Waals surface area contributed by atoms with Crippen molar-refractivity contribution in [1.82, 2.24) is 9.78 Å². The van der Waals surface area contributed by atoms with Gasteiger partial charge in [-0.15, -0.1) is 0 Å². The lowest BCUT2D eigenvalue weighted by Crippen LogP contribution is -2.38. The van der Waals surface area contributed by atoms with Gasteiger partial charge in [-0.3, -0.25) is 14.4 Å². The fourth-order valence-electron chi connectivity index (χ4n) is 1.18. The third-order valence-electron chi connectivity index (χ3n) is 1.89. The molecule has 7 nitrogen and oxygen atoms in total. The van der Waals surface area contributed by atoms with Gasteiger partial charge in [0.05, 0.1) is 12.6 Å². The Kier molecular flexibility index (Phi) is 3.27. The topological polar surface area (TPSA) is 101 Å². The van der Waals surface area contributed by atoms with Crippen LogP contribution in [0.3, 0.4) is 0 Å². The molecular formula is C8H12N4O3. The number of anilines is 1. The first-order valence-electron chi connectivity index (χ1n) is 4.29. The van der Waals surface area contributed by atoms with E-state index in [2.05, 4.69) is 5.10 Å². The third-order valence-corrected chi connectivity index (χ3v) is 1.89. The third kappa shape index (κ3) is 2.70. The molecule has 0 bridgehead atoms. The Balaban J connectivity index is 2.79. The summed E-state index contributed by atoms with van der Waals surface area (Å²) in [5, 5.41) is 12.4. The van der Waals surface area contributed by atoms with Gasteiger partial charge in [-0.25, -0.2) is 4.79 Å². The summed E-state index contributed by atoms with van der Waals surface area (Å²) in [5.41, 5.74) is 5.14. The van der Waals surface area contributed by atoms with E-state index in [1.807, 2.05) is 0 Å². The number of carboxylic acid groups (broad SMARTS) is 1. The fourth-order valence-corrected chi connectivity index (χ4v) is 1.18. The normalized spacial score (nSPS) is 9.93. The molecule has 1 rings (SSSR count). The number of aryl methyl sites for hydroxylation is 1. The predicted molar refractivity (Wildman–Crippen MR) is 52.4 cm³/mol. The zero-order chi connectivity index (χ0) is 11.4. The molecule has 0 spiro atoms. The second kappa shape index (κ2) is 4.45. The van der Waals surface area contributed by atoms with Gasteiger partial charge in [-0.05, 0) is 0 Å². The van der Waals surface area contributed by atoms with E-state index in [4.69, 9.17) is 10.8 Å². The zero-order valence-electron chi connectivity index (χ0n) is 8.25. The van der Waals surface area contributed by atoms with Crippen LogP contribution < -0.4 is 10.6 Å². The second-order valence-electron chi connectivity index (χ2n) is 2.95. The second-order valence-corrected chi connectivity index (χ2v) is 2.95. The molecule has 0 aromatic carbocycles. The van der Waals surface area contributed by atoms with Gasteiger partial charge in [0.1, 0.15) is 5.82 Å². The molecule has 1 heterocycles. The molecule has 0 radical (unpaired) electrons. The number of carbonyl (C=O) groups excluding carboxylic acids is 1. The Labute approximate surface area is 86.1 Å². The molecule has 15 heavy (non-hydrogen) atoms. The molecule has 82 valence electrons. The first-order valence-corrected chi connectivity index (χ1v) is 4.29. The number of aliphatic carboxylic acids is 1. The highest BCUT2D eigenvalue weighted by Gasteiger charge is 2.16.